The van der Waals surface area contributed by atoms with Crippen LogP contribution in [0.5, 0.6) is 0 Å². The quantitative estimate of drug-likeness (QED) is 0.790. The summed E-state index contributed by atoms with van der Waals surface area (Å²) in [6, 6.07) is -0.178. The van der Waals surface area contributed by atoms with Crippen LogP contribution in [0.15, 0.2) is 17.3 Å². The van der Waals surface area contributed by atoms with Gasteiger partial charge in [0.05, 0.1) is 19.0 Å². The predicted octanol–water partition coefficient (Wildman–Crippen LogP) is 0.104. The second kappa shape index (κ2) is 6.07. The number of anilines is 1. The lowest BCUT2D eigenvalue weighted by molar-refractivity contribution is 0.171. The lowest BCUT2D eigenvalue weighted by Gasteiger charge is -2.25. The largest absolute Gasteiger partial charge is 0.383 e. The zero-order chi connectivity index (χ0) is 13.8. The van der Waals surface area contributed by atoms with Gasteiger partial charge in [0.25, 0.3) is 0 Å². The second-order valence-corrected chi connectivity index (χ2v) is 5.87. The Labute approximate surface area is 107 Å². The third kappa shape index (κ3) is 3.37. The molecule has 0 aliphatic rings. The lowest BCUT2D eigenvalue weighted by atomic mass is 10.4. The Morgan fingerprint density at radius 2 is 1.94 bits per heavy atom. The van der Waals surface area contributed by atoms with Crippen LogP contribution in [0.1, 0.15) is 13.8 Å². The molecule has 0 fully saturated rings. The molecule has 0 amide bonds. The molecule has 0 radical (unpaired) electrons. The van der Waals surface area contributed by atoms with Crippen LogP contribution in [-0.4, -0.2) is 49.0 Å². The van der Waals surface area contributed by atoms with E-state index in [1.165, 1.54) is 23.8 Å². The van der Waals surface area contributed by atoms with Crippen molar-refractivity contribution in [1.29, 1.82) is 0 Å². The van der Waals surface area contributed by atoms with Gasteiger partial charge >= 0.3 is 0 Å². The highest BCUT2D eigenvalue weighted by Gasteiger charge is 2.27. The number of hydrogen-bond donors (Lipinski definition) is 1. The van der Waals surface area contributed by atoms with E-state index in [1.54, 1.807) is 13.8 Å². The Kier molecular flexibility index (Phi) is 5.00. The zero-order valence-corrected chi connectivity index (χ0v) is 11.5. The van der Waals surface area contributed by atoms with Crippen LogP contribution in [0, 0.1) is 0 Å². The average Bonchev–Trinajstić information content (AvgIpc) is 2.29. The first kappa shape index (κ1) is 14.8. The number of nitrogens with two attached hydrogens (primary N) is 1. The molecular formula is C10H18N4O3S. The van der Waals surface area contributed by atoms with Crippen molar-refractivity contribution in [3.05, 3.63) is 12.4 Å². The molecule has 1 aromatic rings. The number of nitrogens with zero attached hydrogens (tertiary/aromatic N) is 3. The molecule has 2 N–H and O–H groups in total. The Morgan fingerprint density at radius 3 is 2.39 bits per heavy atom. The van der Waals surface area contributed by atoms with Crippen LogP contribution in [0.3, 0.4) is 0 Å². The maximum absolute atomic E-state index is 12.3. The highest BCUT2D eigenvalue weighted by atomic mass is 32.2. The smallest absolute Gasteiger partial charge is 0.246 e. The number of hydrogen-bond acceptors (Lipinski definition) is 6. The molecule has 1 rings (SSSR count). The number of methoxy groups -OCH3 is 1. The van der Waals surface area contributed by atoms with Gasteiger partial charge in [0, 0.05) is 19.7 Å². The Morgan fingerprint density at radius 1 is 1.39 bits per heavy atom. The van der Waals surface area contributed by atoms with E-state index in [1.807, 2.05) is 0 Å². The summed E-state index contributed by atoms with van der Waals surface area (Å²) in [5.74, 6) is 0.0435. The first-order valence-electron chi connectivity index (χ1n) is 5.48. The second-order valence-electron chi connectivity index (χ2n) is 3.98. The van der Waals surface area contributed by atoms with Crippen LogP contribution in [-0.2, 0) is 14.8 Å². The molecule has 0 bridgehead atoms. The van der Waals surface area contributed by atoms with Crippen LogP contribution in [0.2, 0.25) is 0 Å². The molecule has 0 spiro atoms. The number of nitrogen functional groups attached to an aromatic ring is 1. The van der Waals surface area contributed by atoms with Crippen molar-refractivity contribution in [2.24, 2.45) is 0 Å². The van der Waals surface area contributed by atoms with Crippen molar-refractivity contribution in [3.63, 3.8) is 0 Å². The third-order valence-corrected chi connectivity index (χ3v) is 4.37. The maximum Gasteiger partial charge on any atom is 0.246 e. The SMILES string of the molecule is COCCN(C(C)C)S(=O)(=O)c1cnc(N)nc1. The van der Waals surface area contributed by atoms with Crippen molar-refractivity contribution < 1.29 is 13.2 Å². The summed E-state index contributed by atoms with van der Waals surface area (Å²) < 4.78 is 30.9. The van der Waals surface area contributed by atoms with Crippen molar-refractivity contribution >= 4 is 16.0 Å². The molecule has 18 heavy (non-hydrogen) atoms. The fourth-order valence-electron chi connectivity index (χ4n) is 1.43. The topological polar surface area (TPSA) is 98.4 Å². The molecule has 8 heteroatoms. The minimum Gasteiger partial charge on any atom is -0.383 e. The summed E-state index contributed by atoms with van der Waals surface area (Å²) in [4.78, 5) is 7.42. The van der Waals surface area contributed by atoms with Crippen molar-refractivity contribution in [1.82, 2.24) is 14.3 Å². The van der Waals surface area contributed by atoms with E-state index in [0.717, 1.165) is 0 Å². The van der Waals surface area contributed by atoms with Gasteiger partial charge in [-0.05, 0) is 13.8 Å². The Balaban J connectivity index is 3.05. The molecule has 102 valence electrons. The molecule has 0 atom stereocenters. The van der Waals surface area contributed by atoms with Gasteiger partial charge in [-0.25, -0.2) is 18.4 Å². The molecule has 0 aromatic carbocycles. The van der Waals surface area contributed by atoms with Gasteiger partial charge in [-0.15, -0.1) is 0 Å². The standard InChI is InChI=1S/C10H18N4O3S/c1-8(2)14(4-5-17-3)18(15,16)9-6-12-10(11)13-7-9/h6-8H,4-5H2,1-3H3,(H2,11,12,13). The number of sulfonamides is 1. The van der Waals surface area contributed by atoms with Crippen LogP contribution in [0.4, 0.5) is 5.95 Å². The summed E-state index contributed by atoms with van der Waals surface area (Å²) in [6.45, 7) is 4.20. The molecule has 0 aliphatic heterocycles. The lowest BCUT2D eigenvalue weighted by Crippen LogP contribution is -2.39. The van der Waals surface area contributed by atoms with E-state index in [2.05, 4.69) is 9.97 Å². The fraction of sp³-hybridized carbons (Fsp3) is 0.600. The van der Waals surface area contributed by atoms with E-state index in [9.17, 15) is 8.42 Å². The van der Waals surface area contributed by atoms with E-state index in [0.29, 0.717) is 6.61 Å². The van der Waals surface area contributed by atoms with Crippen molar-refractivity contribution in [2.45, 2.75) is 24.8 Å². The molecule has 1 heterocycles. The van der Waals surface area contributed by atoms with Gasteiger partial charge in [0.2, 0.25) is 16.0 Å². The summed E-state index contributed by atoms with van der Waals surface area (Å²) >= 11 is 0. The van der Waals surface area contributed by atoms with Gasteiger partial charge in [0.1, 0.15) is 4.90 Å². The highest BCUT2D eigenvalue weighted by molar-refractivity contribution is 7.89. The van der Waals surface area contributed by atoms with E-state index in [4.69, 9.17) is 10.5 Å². The minimum absolute atomic E-state index is 0.0292. The zero-order valence-electron chi connectivity index (χ0n) is 10.7. The monoisotopic (exact) mass is 274 g/mol. The molecule has 0 aliphatic carbocycles. The summed E-state index contributed by atoms with van der Waals surface area (Å²) in [6.07, 6.45) is 2.42. The Bertz CT molecular complexity index is 472. The fourth-order valence-corrected chi connectivity index (χ4v) is 2.94. The van der Waals surface area contributed by atoms with Gasteiger partial charge < -0.3 is 10.5 Å². The summed E-state index contributed by atoms with van der Waals surface area (Å²) in [5, 5.41) is 0. The molecule has 0 saturated carbocycles. The molecule has 7 nitrogen and oxygen atoms in total. The molecule has 0 saturated heterocycles. The average molecular weight is 274 g/mol. The van der Waals surface area contributed by atoms with E-state index < -0.39 is 10.0 Å². The minimum atomic E-state index is -3.62. The van der Waals surface area contributed by atoms with Crippen LogP contribution >= 0.6 is 0 Å². The van der Waals surface area contributed by atoms with E-state index in [-0.39, 0.29) is 23.4 Å². The molecule has 0 unspecified atom stereocenters. The molecule has 1 aromatic heterocycles. The molecular weight excluding hydrogens is 256 g/mol. The van der Waals surface area contributed by atoms with Gasteiger partial charge in [-0.1, -0.05) is 0 Å². The van der Waals surface area contributed by atoms with Crippen LogP contribution < -0.4 is 5.73 Å². The van der Waals surface area contributed by atoms with Crippen molar-refractivity contribution in [3.8, 4) is 0 Å². The number of ether oxygens (including phenoxy) is 1. The predicted molar refractivity (Wildman–Crippen MR) is 67.3 cm³/mol. The Hall–Kier alpha value is -1.25. The number of rotatable bonds is 6. The van der Waals surface area contributed by atoms with E-state index >= 15 is 0 Å². The first-order chi connectivity index (χ1) is 8.39. The summed E-state index contributed by atoms with van der Waals surface area (Å²) in [5.41, 5.74) is 5.34. The van der Waals surface area contributed by atoms with Crippen molar-refractivity contribution in [2.75, 3.05) is 26.0 Å². The third-order valence-electron chi connectivity index (χ3n) is 2.35. The highest BCUT2D eigenvalue weighted by Crippen LogP contribution is 2.16. The van der Waals surface area contributed by atoms with Gasteiger partial charge in [-0.2, -0.15) is 4.31 Å². The number of aromatic nitrogens is 2. The summed E-state index contributed by atoms with van der Waals surface area (Å²) in [7, 11) is -2.09. The normalized spacial score (nSPS) is 12.3. The first-order valence-corrected chi connectivity index (χ1v) is 6.92. The maximum atomic E-state index is 12.3. The van der Waals surface area contributed by atoms with Gasteiger partial charge in [-0.3, -0.25) is 0 Å². The van der Waals surface area contributed by atoms with Gasteiger partial charge in [0.15, 0.2) is 0 Å². The van der Waals surface area contributed by atoms with Crippen LogP contribution in [0.25, 0.3) is 0 Å².